The number of hydrogen-bond acceptors (Lipinski definition) is 3. The fourth-order valence-corrected chi connectivity index (χ4v) is 1.47. The number of carbonyl (C=O) groups excluding carboxylic acids is 1. The van der Waals surface area contributed by atoms with Crippen molar-refractivity contribution in [2.75, 3.05) is 5.32 Å². The predicted molar refractivity (Wildman–Crippen MR) is 64.9 cm³/mol. The maximum Gasteiger partial charge on any atom is 0.426 e. The van der Waals surface area contributed by atoms with Crippen LogP contribution in [0.3, 0.4) is 0 Å². The van der Waals surface area contributed by atoms with E-state index in [4.69, 9.17) is 10.5 Å². The van der Waals surface area contributed by atoms with Crippen LogP contribution in [0.15, 0.2) is 24.3 Å². The van der Waals surface area contributed by atoms with Gasteiger partial charge in [0.25, 0.3) is 0 Å². The van der Waals surface area contributed by atoms with Gasteiger partial charge < -0.3 is 15.8 Å². The molecule has 1 aromatic carbocycles. The quantitative estimate of drug-likeness (QED) is 0.887. The number of benzene rings is 1. The third-order valence-corrected chi connectivity index (χ3v) is 2.25. The Labute approximate surface area is 108 Å². The van der Waals surface area contributed by atoms with Gasteiger partial charge in [-0.05, 0) is 19.1 Å². The van der Waals surface area contributed by atoms with Gasteiger partial charge in [0.15, 0.2) is 0 Å². The summed E-state index contributed by atoms with van der Waals surface area (Å²) >= 11 is 0. The summed E-state index contributed by atoms with van der Waals surface area (Å²) in [6.07, 6.45) is -6.72. The first kappa shape index (κ1) is 15.3. The van der Waals surface area contributed by atoms with Crippen molar-refractivity contribution >= 4 is 11.6 Å². The zero-order chi connectivity index (χ0) is 14.6. The topological polar surface area (TPSA) is 64.3 Å². The maximum atomic E-state index is 12.8. The highest BCUT2D eigenvalue weighted by Crippen LogP contribution is 2.31. The zero-order valence-electron chi connectivity index (χ0n) is 10.5. The molecule has 1 amide bonds. The Morgan fingerprint density at radius 2 is 1.95 bits per heavy atom. The van der Waals surface area contributed by atoms with Gasteiger partial charge in [-0.2, -0.15) is 13.2 Å². The van der Waals surface area contributed by atoms with Crippen molar-refractivity contribution in [1.29, 1.82) is 0 Å². The van der Waals surface area contributed by atoms with Crippen LogP contribution in [0.4, 0.5) is 18.9 Å². The number of nitrogens with two attached hydrogens (primary N) is 1. The molecule has 0 radical (unpaired) electrons. The van der Waals surface area contributed by atoms with Gasteiger partial charge in [-0.25, -0.2) is 0 Å². The number of rotatable bonds is 4. The second-order valence-corrected chi connectivity index (χ2v) is 4.12. The first-order chi connectivity index (χ1) is 8.71. The number of hydrogen-bond donors (Lipinski definition) is 2. The van der Waals surface area contributed by atoms with Crippen LogP contribution >= 0.6 is 0 Å². The number of para-hydroxylation sites is 2. The van der Waals surface area contributed by atoms with Crippen LogP contribution in [0.2, 0.25) is 0 Å². The third kappa shape index (κ3) is 4.44. The molecule has 1 aromatic rings. The van der Waals surface area contributed by atoms with Gasteiger partial charge in [0, 0.05) is 13.0 Å². The molecule has 7 heteroatoms. The minimum absolute atomic E-state index is 0.0719. The van der Waals surface area contributed by atoms with Crippen LogP contribution in [-0.2, 0) is 4.79 Å². The monoisotopic (exact) mass is 276 g/mol. The van der Waals surface area contributed by atoms with Gasteiger partial charge in [0.05, 0.1) is 5.69 Å². The number of nitrogens with one attached hydrogen (secondary N) is 1. The lowest BCUT2D eigenvalue weighted by Gasteiger charge is -2.25. The number of ether oxygens (including phenoxy) is 1. The molecule has 1 rings (SSSR count). The summed E-state index contributed by atoms with van der Waals surface area (Å²) in [6.45, 7) is 2.46. The molecular formula is C12H15F3N2O2. The average Bonchev–Trinajstić information content (AvgIpc) is 2.24. The SMILES string of the molecule is CC(=O)Nc1ccccc1OC(C(C)N)C(F)(F)F. The lowest BCUT2D eigenvalue weighted by Crippen LogP contribution is -2.47. The highest BCUT2D eigenvalue weighted by Gasteiger charge is 2.44. The fourth-order valence-electron chi connectivity index (χ4n) is 1.47. The normalized spacial score (nSPS) is 14.6. The van der Waals surface area contributed by atoms with E-state index < -0.39 is 24.2 Å². The summed E-state index contributed by atoms with van der Waals surface area (Å²) in [4.78, 5) is 11.0. The maximum absolute atomic E-state index is 12.8. The molecule has 2 unspecified atom stereocenters. The van der Waals surface area contributed by atoms with Gasteiger partial charge in [-0.1, -0.05) is 12.1 Å². The Morgan fingerprint density at radius 1 is 1.37 bits per heavy atom. The van der Waals surface area contributed by atoms with Crippen molar-refractivity contribution in [3.05, 3.63) is 24.3 Å². The van der Waals surface area contributed by atoms with Gasteiger partial charge in [-0.15, -0.1) is 0 Å². The van der Waals surface area contributed by atoms with E-state index in [-0.39, 0.29) is 11.4 Å². The first-order valence-electron chi connectivity index (χ1n) is 5.57. The summed E-state index contributed by atoms with van der Waals surface area (Å²) in [5.74, 6) is -0.474. The van der Waals surface area contributed by atoms with Gasteiger partial charge in [0.1, 0.15) is 5.75 Å². The Hall–Kier alpha value is -1.76. The van der Waals surface area contributed by atoms with Crippen LogP contribution in [0.5, 0.6) is 5.75 Å². The molecule has 19 heavy (non-hydrogen) atoms. The van der Waals surface area contributed by atoms with Crippen LogP contribution in [-0.4, -0.2) is 24.2 Å². The number of anilines is 1. The summed E-state index contributed by atoms with van der Waals surface area (Å²) < 4.78 is 43.2. The lowest BCUT2D eigenvalue weighted by molar-refractivity contribution is -0.199. The van der Waals surface area contributed by atoms with Crippen molar-refractivity contribution in [1.82, 2.24) is 0 Å². The Morgan fingerprint density at radius 3 is 2.42 bits per heavy atom. The summed E-state index contributed by atoms with van der Waals surface area (Å²) in [6, 6.07) is 4.64. The number of halogens is 3. The first-order valence-corrected chi connectivity index (χ1v) is 5.57. The second kappa shape index (κ2) is 5.92. The Bertz CT molecular complexity index is 447. The van der Waals surface area contributed by atoms with Gasteiger partial charge in [0.2, 0.25) is 12.0 Å². The lowest BCUT2D eigenvalue weighted by atomic mass is 10.2. The molecule has 0 aliphatic carbocycles. The van der Waals surface area contributed by atoms with Crippen molar-refractivity contribution in [3.63, 3.8) is 0 Å². The molecular weight excluding hydrogens is 261 g/mol. The zero-order valence-corrected chi connectivity index (χ0v) is 10.5. The molecule has 4 nitrogen and oxygen atoms in total. The molecule has 0 heterocycles. The minimum atomic E-state index is -4.59. The summed E-state index contributed by atoms with van der Waals surface area (Å²) in [5.41, 5.74) is 5.46. The van der Waals surface area contributed by atoms with E-state index >= 15 is 0 Å². The fraction of sp³-hybridized carbons (Fsp3) is 0.417. The molecule has 0 aromatic heterocycles. The average molecular weight is 276 g/mol. The molecule has 0 saturated carbocycles. The Balaban J connectivity index is 3.00. The van der Waals surface area contributed by atoms with E-state index in [1.807, 2.05) is 0 Å². The van der Waals surface area contributed by atoms with Crippen molar-refractivity contribution in [3.8, 4) is 5.75 Å². The van der Waals surface area contributed by atoms with E-state index in [0.29, 0.717) is 0 Å². The largest absolute Gasteiger partial charge is 0.477 e. The van der Waals surface area contributed by atoms with E-state index in [0.717, 1.165) is 0 Å². The van der Waals surface area contributed by atoms with E-state index in [2.05, 4.69) is 5.32 Å². The highest BCUT2D eigenvalue weighted by atomic mass is 19.4. The highest BCUT2D eigenvalue weighted by molar-refractivity contribution is 5.90. The summed E-state index contributed by atoms with van der Waals surface area (Å²) in [5, 5.41) is 2.40. The molecule has 3 N–H and O–H groups in total. The Kier molecular flexibility index (Phi) is 4.77. The van der Waals surface area contributed by atoms with Crippen LogP contribution in [0.1, 0.15) is 13.8 Å². The standard InChI is InChI=1S/C12H15F3N2O2/c1-7(16)11(12(13,14)15)19-10-6-4-3-5-9(10)17-8(2)18/h3-7,11H,16H2,1-2H3,(H,17,18). The molecule has 0 spiro atoms. The van der Waals surface area contributed by atoms with E-state index in [1.54, 1.807) is 6.07 Å². The van der Waals surface area contributed by atoms with Gasteiger partial charge >= 0.3 is 6.18 Å². The van der Waals surface area contributed by atoms with Crippen molar-refractivity contribution in [2.24, 2.45) is 5.73 Å². The molecule has 0 fully saturated rings. The van der Waals surface area contributed by atoms with Crippen molar-refractivity contribution < 1.29 is 22.7 Å². The van der Waals surface area contributed by atoms with Gasteiger partial charge in [-0.3, -0.25) is 4.79 Å². The summed E-state index contributed by atoms with van der Waals surface area (Å²) in [7, 11) is 0. The molecule has 106 valence electrons. The third-order valence-electron chi connectivity index (χ3n) is 2.25. The van der Waals surface area contributed by atoms with Crippen LogP contribution in [0.25, 0.3) is 0 Å². The van der Waals surface area contributed by atoms with Crippen molar-refractivity contribution in [2.45, 2.75) is 32.2 Å². The molecule has 0 saturated heterocycles. The van der Waals surface area contributed by atoms with E-state index in [1.165, 1.54) is 32.0 Å². The molecule has 0 aliphatic rings. The predicted octanol–water partition coefficient (Wildman–Crippen LogP) is 2.30. The van der Waals surface area contributed by atoms with Crippen LogP contribution < -0.4 is 15.8 Å². The van der Waals surface area contributed by atoms with Crippen LogP contribution in [0, 0.1) is 0 Å². The smallest absolute Gasteiger partial charge is 0.426 e. The second-order valence-electron chi connectivity index (χ2n) is 4.12. The number of amides is 1. The molecule has 0 aliphatic heterocycles. The number of carbonyl (C=O) groups is 1. The molecule has 0 bridgehead atoms. The minimum Gasteiger partial charge on any atom is -0.477 e. The molecule has 2 atom stereocenters. The van der Waals surface area contributed by atoms with E-state index in [9.17, 15) is 18.0 Å². The number of alkyl halides is 3.